The summed E-state index contributed by atoms with van der Waals surface area (Å²) in [6.07, 6.45) is 0. The van der Waals surface area contributed by atoms with Gasteiger partial charge < -0.3 is 15.2 Å². The van der Waals surface area contributed by atoms with Crippen molar-refractivity contribution >= 4 is 22.9 Å². The highest BCUT2D eigenvalue weighted by atomic mass is 35.5. The van der Waals surface area contributed by atoms with Crippen LogP contribution in [-0.4, -0.2) is 32.0 Å². The lowest BCUT2D eigenvalue weighted by Crippen LogP contribution is -2.53. The average molecular weight is 248 g/mol. The first-order valence-corrected chi connectivity index (χ1v) is 6.02. The van der Waals surface area contributed by atoms with Crippen LogP contribution in [0, 0.1) is 5.41 Å². The molecule has 1 fully saturated rings. The van der Waals surface area contributed by atoms with Crippen molar-refractivity contribution in [3.05, 3.63) is 21.3 Å². The van der Waals surface area contributed by atoms with Crippen LogP contribution in [0.1, 0.15) is 10.9 Å². The number of aliphatic hydroxyl groups excluding tert-OH is 1. The molecule has 0 aliphatic carbocycles. The van der Waals surface area contributed by atoms with E-state index in [0.29, 0.717) is 13.2 Å². The van der Waals surface area contributed by atoms with Gasteiger partial charge in [-0.1, -0.05) is 11.6 Å². The van der Waals surface area contributed by atoms with Crippen LogP contribution in [-0.2, 0) is 4.74 Å². The third-order valence-corrected chi connectivity index (χ3v) is 4.17. The zero-order valence-electron chi connectivity index (χ0n) is 8.50. The number of hydrogen-bond acceptors (Lipinski definition) is 4. The van der Waals surface area contributed by atoms with Crippen molar-refractivity contribution in [1.29, 1.82) is 0 Å². The van der Waals surface area contributed by atoms with E-state index in [2.05, 4.69) is 5.32 Å². The third kappa shape index (κ3) is 1.92. The molecule has 15 heavy (non-hydrogen) atoms. The van der Waals surface area contributed by atoms with E-state index in [9.17, 15) is 5.11 Å². The topological polar surface area (TPSA) is 41.5 Å². The Bertz CT molecular complexity index is 332. The van der Waals surface area contributed by atoms with Crippen molar-refractivity contribution in [3.8, 4) is 0 Å². The van der Waals surface area contributed by atoms with Gasteiger partial charge in [0.15, 0.2) is 0 Å². The number of hydrogen-bond donors (Lipinski definition) is 2. The van der Waals surface area contributed by atoms with Gasteiger partial charge in [-0.2, -0.15) is 0 Å². The molecule has 2 rings (SSSR count). The lowest BCUT2D eigenvalue weighted by molar-refractivity contribution is -0.154. The van der Waals surface area contributed by atoms with Gasteiger partial charge in [0.2, 0.25) is 0 Å². The van der Waals surface area contributed by atoms with E-state index in [-0.39, 0.29) is 18.1 Å². The zero-order valence-corrected chi connectivity index (χ0v) is 10.1. The van der Waals surface area contributed by atoms with E-state index >= 15 is 0 Å². The molecule has 0 amide bonds. The molecule has 1 aromatic heterocycles. The van der Waals surface area contributed by atoms with Crippen molar-refractivity contribution < 1.29 is 9.84 Å². The Hall–Kier alpha value is -0.130. The fourth-order valence-corrected chi connectivity index (χ4v) is 3.26. The summed E-state index contributed by atoms with van der Waals surface area (Å²) in [5.41, 5.74) is -0.178. The standard InChI is InChI=1S/C10H14ClNO2S/c1-12-9(7-2-3-8(11)15-7)10(4-13)5-14-6-10/h2-3,9,12-13H,4-6H2,1H3. The van der Waals surface area contributed by atoms with E-state index in [1.807, 2.05) is 19.2 Å². The second-order valence-electron chi connectivity index (χ2n) is 3.88. The number of nitrogens with one attached hydrogen (secondary N) is 1. The van der Waals surface area contributed by atoms with Gasteiger partial charge in [-0.15, -0.1) is 11.3 Å². The molecule has 0 spiro atoms. The van der Waals surface area contributed by atoms with Crippen LogP contribution in [0.4, 0.5) is 0 Å². The van der Waals surface area contributed by atoms with Crippen molar-refractivity contribution in [2.45, 2.75) is 6.04 Å². The Morgan fingerprint density at radius 2 is 2.40 bits per heavy atom. The van der Waals surface area contributed by atoms with Crippen LogP contribution in [0.2, 0.25) is 4.34 Å². The summed E-state index contributed by atoms with van der Waals surface area (Å²) in [4.78, 5) is 1.15. The van der Waals surface area contributed by atoms with Gasteiger partial charge in [0.1, 0.15) is 0 Å². The lowest BCUT2D eigenvalue weighted by atomic mass is 9.78. The number of aliphatic hydroxyl groups is 1. The minimum atomic E-state index is -0.178. The number of ether oxygens (including phenoxy) is 1. The van der Waals surface area contributed by atoms with Gasteiger partial charge >= 0.3 is 0 Å². The number of halogens is 1. The van der Waals surface area contributed by atoms with Gasteiger partial charge in [-0.05, 0) is 19.2 Å². The maximum Gasteiger partial charge on any atom is 0.0931 e. The molecule has 0 aromatic carbocycles. The Labute approximate surface area is 98.0 Å². The molecule has 3 nitrogen and oxygen atoms in total. The fourth-order valence-electron chi connectivity index (χ4n) is 1.95. The first kappa shape index (κ1) is 11.4. The molecule has 5 heteroatoms. The minimum absolute atomic E-state index is 0.119. The number of rotatable bonds is 4. The highest BCUT2D eigenvalue weighted by molar-refractivity contribution is 7.16. The summed E-state index contributed by atoms with van der Waals surface area (Å²) >= 11 is 7.46. The monoisotopic (exact) mass is 247 g/mol. The van der Waals surface area contributed by atoms with E-state index in [1.165, 1.54) is 0 Å². The van der Waals surface area contributed by atoms with E-state index < -0.39 is 0 Å². The van der Waals surface area contributed by atoms with Gasteiger partial charge in [0.05, 0.1) is 35.6 Å². The van der Waals surface area contributed by atoms with Gasteiger partial charge in [-0.25, -0.2) is 0 Å². The fraction of sp³-hybridized carbons (Fsp3) is 0.600. The molecule has 0 radical (unpaired) electrons. The average Bonchev–Trinajstić information content (AvgIpc) is 2.58. The summed E-state index contributed by atoms with van der Waals surface area (Å²) in [5, 5.41) is 12.7. The molecule has 1 aliphatic heterocycles. The predicted molar refractivity (Wildman–Crippen MR) is 61.5 cm³/mol. The summed E-state index contributed by atoms with van der Waals surface area (Å²) in [6, 6.07) is 4.01. The SMILES string of the molecule is CNC(c1ccc(Cl)s1)C1(CO)COC1. The second-order valence-corrected chi connectivity index (χ2v) is 5.62. The molecule has 0 bridgehead atoms. The van der Waals surface area contributed by atoms with E-state index in [0.717, 1.165) is 9.21 Å². The molecule has 1 atom stereocenters. The molecule has 1 saturated heterocycles. The van der Waals surface area contributed by atoms with Crippen molar-refractivity contribution in [2.24, 2.45) is 5.41 Å². The van der Waals surface area contributed by atoms with Crippen LogP contribution >= 0.6 is 22.9 Å². The Balaban J connectivity index is 2.23. The first-order valence-electron chi connectivity index (χ1n) is 4.83. The molecular formula is C10H14ClNO2S. The second kappa shape index (κ2) is 4.39. The Kier molecular flexibility index (Phi) is 3.33. The van der Waals surface area contributed by atoms with Gasteiger partial charge in [0.25, 0.3) is 0 Å². The van der Waals surface area contributed by atoms with E-state index in [4.69, 9.17) is 16.3 Å². The third-order valence-electron chi connectivity index (χ3n) is 2.87. The first-order chi connectivity index (χ1) is 7.22. The van der Waals surface area contributed by atoms with Crippen molar-refractivity contribution in [3.63, 3.8) is 0 Å². The summed E-state index contributed by atoms with van der Waals surface area (Å²) in [5.74, 6) is 0. The summed E-state index contributed by atoms with van der Waals surface area (Å²) in [6.45, 7) is 1.34. The molecule has 1 aromatic rings. The Morgan fingerprint density at radius 1 is 1.67 bits per heavy atom. The molecule has 2 N–H and O–H groups in total. The molecule has 84 valence electrons. The molecular weight excluding hydrogens is 234 g/mol. The van der Waals surface area contributed by atoms with Gasteiger partial charge in [0, 0.05) is 4.88 Å². The normalized spacial score (nSPS) is 21.0. The maximum absolute atomic E-state index is 9.46. The molecule has 1 aliphatic rings. The molecule has 1 unspecified atom stereocenters. The number of thiophene rings is 1. The zero-order chi connectivity index (χ0) is 10.9. The summed E-state index contributed by atoms with van der Waals surface area (Å²) < 4.78 is 5.99. The highest BCUT2D eigenvalue weighted by Gasteiger charge is 2.46. The molecule has 2 heterocycles. The van der Waals surface area contributed by atoms with Crippen molar-refractivity contribution in [1.82, 2.24) is 5.32 Å². The van der Waals surface area contributed by atoms with Crippen LogP contribution in [0.25, 0.3) is 0 Å². The smallest absolute Gasteiger partial charge is 0.0931 e. The molecule has 0 saturated carbocycles. The minimum Gasteiger partial charge on any atom is -0.396 e. The van der Waals surface area contributed by atoms with E-state index in [1.54, 1.807) is 11.3 Å². The lowest BCUT2D eigenvalue weighted by Gasteiger charge is -2.45. The Morgan fingerprint density at radius 3 is 2.73 bits per heavy atom. The van der Waals surface area contributed by atoms with Crippen LogP contribution < -0.4 is 5.32 Å². The maximum atomic E-state index is 9.46. The van der Waals surface area contributed by atoms with Gasteiger partial charge in [-0.3, -0.25) is 0 Å². The summed E-state index contributed by atoms with van der Waals surface area (Å²) in [7, 11) is 1.90. The van der Waals surface area contributed by atoms with Crippen LogP contribution in [0.5, 0.6) is 0 Å². The largest absolute Gasteiger partial charge is 0.396 e. The predicted octanol–water partition coefficient (Wildman–Crippen LogP) is 1.67. The van der Waals surface area contributed by atoms with Crippen LogP contribution in [0.3, 0.4) is 0 Å². The quantitative estimate of drug-likeness (QED) is 0.851. The van der Waals surface area contributed by atoms with Crippen molar-refractivity contribution in [2.75, 3.05) is 26.9 Å². The highest BCUT2D eigenvalue weighted by Crippen LogP contribution is 2.42. The van der Waals surface area contributed by atoms with Crippen LogP contribution in [0.15, 0.2) is 12.1 Å².